The van der Waals surface area contributed by atoms with E-state index in [9.17, 15) is 18.0 Å². The number of hydrogen-bond acceptors (Lipinski definition) is 2. The molecule has 52 valence electrons. The van der Waals surface area contributed by atoms with Crippen LogP contribution in [0.3, 0.4) is 0 Å². The topological polar surface area (TPSA) is 43.1 Å². The Morgan fingerprint density at radius 3 is 2.00 bits per heavy atom. The first-order valence-electron chi connectivity index (χ1n) is 1.96. The number of nitrogens with two attached hydrogens (primary N) is 1. The summed E-state index contributed by atoms with van der Waals surface area (Å²) in [6.07, 6.45) is -4.33. The van der Waals surface area contributed by atoms with E-state index in [1.165, 1.54) is 0 Å². The molecular weight excluding hydrogens is 135 g/mol. The average molecular weight is 139 g/mol. The fourth-order valence-corrected chi connectivity index (χ4v) is 0.168. The summed E-state index contributed by atoms with van der Waals surface area (Å²) in [5, 5.41) is 0. The molecule has 0 amide bonds. The highest BCUT2D eigenvalue weighted by Gasteiger charge is 2.30. The van der Waals surface area contributed by atoms with Crippen LogP contribution in [-0.4, -0.2) is 12.5 Å². The summed E-state index contributed by atoms with van der Waals surface area (Å²) in [7, 11) is 0. The molecule has 0 aliphatic heterocycles. The zero-order valence-corrected chi connectivity index (χ0v) is 4.27. The fraction of sp³-hybridized carbons (Fsp3) is 0.250. The first-order valence-corrected chi connectivity index (χ1v) is 1.96. The minimum atomic E-state index is -4.58. The molecule has 0 heterocycles. The third-order valence-corrected chi connectivity index (χ3v) is 0.575. The molecule has 0 aromatic heterocycles. The number of carbonyl (C=O) groups excluding carboxylic acids is 1. The number of allylic oxidation sites excluding steroid dienone is 2. The van der Waals surface area contributed by atoms with E-state index in [-0.39, 0.29) is 12.4 Å². The van der Waals surface area contributed by atoms with Gasteiger partial charge >= 0.3 is 6.18 Å². The van der Waals surface area contributed by atoms with E-state index in [4.69, 9.17) is 0 Å². The lowest BCUT2D eigenvalue weighted by Crippen LogP contribution is -2.19. The van der Waals surface area contributed by atoms with Crippen molar-refractivity contribution in [1.29, 1.82) is 0 Å². The van der Waals surface area contributed by atoms with Gasteiger partial charge in [-0.05, 0) is 0 Å². The standard InChI is InChI=1S/C4H4F3NO/c5-4(6,7)3(8)1-2-9/h1-2H,8H2/b3-1-. The number of alkyl halides is 3. The molecule has 0 saturated heterocycles. The van der Waals surface area contributed by atoms with Gasteiger partial charge in [0, 0.05) is 6.08 Å². The van der Waals surface area contributed by atoms with E-state index >= 15 is 0 Å². The molecule has 5 heteroatoms. The van der Waals surface area contributed by atoms with Crippen molar-refractivity contribution in [3.63, 3.8) is 0 Å². The van der Waals surface area contributed by atoms with Gasteiger partial charge < -0.3 is 5.73 Å². The van der Waals surface area contributed by atoms with Crippen LogP contribution < -0.4 is 5.73 Å². The van der Waals surface area contributed by atoms with Crippen LogP contribution in [0.5, 0.6) is 0 Å². The van der Waals surface area contributed by atoms with Crippen LogP contribution in [0.25, 0.3) is 0 Å². The maximum Gasteiger partial charge on any atom is 0.430 e. The summed E-state index contributed by atoms with van der Waals surface area (Å²) < 4.78 is 33.9. The van der Waals surface area contributed by atoms with Crippen LogP contribution in [0.15, 0.2) is 11.8 Å². The average Bonchev–Trinajstić information content (AvgIpc) is 1.64. The van der Waals surface area contributed by atoms with Crippen LogP contribution >= 0.6 is 0 Å². The molecule has 9 heavy (non-hydrogen) atoms. The maximum atomic E-state index is 11.3. The van der Waals surface area contributed by atoms with Gasteiger partial charge in [0.15, 0.2) is 0 Å². The molecule has 0 rings (SSSR count). The van der Waals surface area contributed by atoms with Crippen molar-refractivity contribution >= 4 is 6.29 Å². The van der Waals surface area contributed by atoms with Gasteiger partial charge in [0.2, 0.25) is 0 Å². The van der Waals surface area contributed by atoms with Crippen molar-refractivity contribution in [1.82, 2.24) is 0 Å². The fourth-order valence-electron chi connectivity index (χ4n) is 0.168. The molecule has 0 aliphatic carbocycles. The van der Waals surface area contributed by atoms with Gasteiger partial charge in [-0.15, -0.1) is 0 Å². The normalized spacial score (nSPS) is 13.4. The number of halogens is 3. The van der Waals surface area contributed by atoms with Crippen LogP contribution in [0, 0.1) is 0 Å². The summed E-state index contributed by atoms with van der Waals surface area (Å²) in [5.74, 6) is 0. The Bertz CT molecular complexity index is 137. The van der Waals surface area contributed by atoms with Gasteiger partial charge in [0.25, 0.3) is 0 Å². The van der Waals surface area contributed by atoms with E-state index < -0.39 is 11.9 Å². The first-order chi connectivity index (χ1) is 3.98. The van der Waals surface area contributed by atoms with E-state index in [0.29, 0.717) is 0 Å². The first kappa shape index (κ1) is 8.00. The molecule has 0 spiro atoms. The third kappa shape index (κ3) is 2.73. The Hall–Kier alpha value is -1.00. The molecule has 0 unspecified atom stereocenters. The Morgan fingerprint density at radius 2 is 1.89 bits per heavy atom. The van der Waals surface area contributed by atoms with E-state index in [2.05, 4.69) is 5.73 Å². The molecule has 0 bridgehead atoms. The van der Waals surface area contributed by atoms with Gasteiger partial charge in [-0.3, -0.25) is 4.79 Å². The smallest absolute Gasteiger partial charge is 0.395 e. The molecule has 0 atom stereocenters. The highest BCUT2D eigenvalue weighted by atomic mass is 19.4. The summed E-state index contributed by atoms with van der Waals surface area (Å²) in [6.45, 7) is 0. The van der Waals surface area contributed by atoms with Gasteiger partial charge in [-0.1, -0.05) is 0 Å². The predicted molar refractivity (Wildman–Crippen MR) is 24.4 cm³/mol. The van der Waals surface area contributed by atoms with E-state index in [0.717, 1.165) is 0 Å². The van der Waals surface area contributed by atoms with Gasteiger partial charge in [0.05, 0.1) is 0 Å². The van der Waals surface area contributed by atoms with Crippen molar-refractivity contribution in [3.05, 3.63) is 11.8 Å². The molecule has 2 nitrogen and oxygen atoms in total. The van der Waals surface area contributed by atoms with Crippen LogP contribution in [0.1, 0.15) is 0 Å². The summed E-state index contributed by atoms with van der Waals surface area (Å²) in [6, 6.07) is 0. The molecular formula is C4H4F3NO. The Kier molecular flexibility index (Phi) is 2.24. The number of hydrogen-bond donors (Lipinski definition) is 1. The van der Waals surface area contributed by atoms with Crippen LogP contribution in [-0.2, 0) is 4.79 Å². The second-order valence-corrected chi connectivity index (χ2v) is 1.26. The lowest BCUT2D eigenvalue weighted by atomic mass is 10.4. The minimum Gasteiger partial charge on any atom is -0.395 e. The van der Waals surface area contributed by atoms with Crippen molar-refractivity contribution < 1.29 is 18.0 Å². The molecule has 2 N–H and O–H groups in total. The lowest BCUT2D eigenvalue weighted by Gasteiger charge is -2.02. The monoisotopic (exact) mass is 139 g/mol. The highest BCUT2D eigenvalue weighted by molar-refractivity contribution is 5.66. The highest BCUT2D eigenvalue weighted by Crippen LogP contribution is 2.20. The van der Waals surface area contributed by atoms with E-state index in [1.807, 2.05) is 0 Å². The molecule has 0 aromatic carbocycles. The van der Waals surface area contributed by atoms with Crippen molar-refractivity contribution in [3.8, 4) is 0 Å². The largest absolute Gasteiger partial charge is 0.430 e. The number of aldehydes is 1. The maximum absolute atomic E-state index is 11.3. The van der Waals surface area contributed by atoms with Gasteiger partial charge in [0.1, 0.15) is 12.0 Å². The van der Waals surface area contributed by atoms with Gasteiger partial charge in [-0.2, -0.15) is 13.2 Å². The van der Waals surface area contributed by atoms with Gasteiger partial charge in [-0.25, -0.2) is 0 Å². The molecule has 0 radical (unpaired) electrons. The van der Waals surface area contributed by atoms with E-state index in [1.54, 1.807) is 0 Å². The zero-order valence-electron chi connectivity index (χ0n) is 4.27. The zero-order chi connectivity index (χ0) is 7.49. The molecule has 0 aliphatic rings. The van der Waals surface area contributed by atoms with Crippen molar-refractivity contribution in [2.24, 2.45) is 5.73 Å². The summed E-state index contributed by atoms with van der Waals surface area (Å²) >= 11 is 0. The number of carbonyl (C=O) groups is 1. The molecule has 0 aromatic rings. The Morgan fingerprint density at radius 1 is 1.44 bits per heavy atom. The second kappa shape index (κ2) is 2.52. The third-order valence-electron chi connectivity index (χ3n) is 0.575. The van der Waals surface area contributed by atoms with Crippen molar-refractivity contribution in [2.45, 2.75) is 6.18 Å². The quantitative estimate of drug-likeness (QED) is 0.426. The second-order valence-electron chi connectivity index (χ2n) is 1.26. The lowest BCUT2D eigenvalue weighted by molar-refractivity contribution is -0.106. The Labute approximate surface area is 49.1 Å². The van der Waals surface area contributed by atoms with Crippen LogP contribution in [0.2, 0.25) is 0 Å². The summed E-state index contributed by atoms with van der Waals surface area (Å²) in [4.78, 5) is 9.41. The molecule has 0 saturated carbocycles. The molecule has 0 fully saturated rings. The van der Waals surface area contributed by atoms with Crippen molar-refractivity contribution in [2.75, 3.05) is 0 Å². The summed E-state index contributed by atoms with van der Waals surface area (Å²) in [5.41, 5.74) is 2.99. The number of rotatable bonds is 1. The minimum absolute atomic E-state index is 0.0111. The van der Waals surface area contributed by atoms with Crippen LogP contribution in [0.4, 0.5) is 13.2 Å². The SMILES string of the molecule is N/C(=C\C=O)C(F)(F)F. The predicted octanol–water partition coefficient (Wildman–Crippen LogP) is 0.590. The Balaban J connectivity index is 4.19.